The van der Waals surface area contributed by atoms with Crippen LogP contribution >= 0.6 is 24.0 Å². The van der Waals surface area contributed by atoms with Crippen molar-refractivity contribution in [1.82, 2.24) is 9.97 Å². The first kappa shape index (κ1) is 25.3. The van der Waals surface area contributed by atoms with Gasteiger partial charge >= 0.3 is 6.36 Å². The number of hydrogen-bond donors (Lipinski definition) is 2. The lowest BCUT2D eigenvalue weighted by Gasteiger charge is -2.13. The van der Waals surface area contributed by atoms with E-state index in [1.165, 1.54) is 42.4 Å². The Kier molecular flexibility index (Phi) is 7.65. The van der Waals surface area contributed by atoms with Gasteiger partial charge in [-0.3, -0.25) is 0 Å². The van der Waals surface area contributed by atoms with Crippen LogP contribution in [0, 0.1) is 0 Å². The zero-order valence-corrected chi connectivity index (χ0v) is 20.6. The highest BCUT2D eigenvalue weighted by Crippen LogP contribution is 2.37. The van der Waals surface area contributed by atoms with E-state index in [-0.39, 0.29) is 10.9 Å². The summed E-state index contributed by atoms with van der Waals surface area (Å²) >= 11 is 6.78. The molecular formula is C24H19F3N4O3S2. The number of anilines is 2. The van der Waals surface area contributed by atoms with Gasteiger partial charge in [0, 0.05) is 27.7 Å². The molecule has 12 heteroatoms. The third-order valence-corrected chi connectivity index (χ3v) is 5.97. The van der Waals surface area contributed by atoms with Crippen molar-refractivity contribution < 1.29 is 27.4 Å². The van der Waals surface area contributed by atoms with Gasteiger partial charge in [0.05, 0.1) is 19.7 Å². The highest BCUT2D eigenvalue weighted by Gasteiger charge is 2.30. The Hall–Kier alpha value is -3.77. The second-order valence-electron chi connectivity index (χ2n) is 7.18. The molecule has 0 radical (unpaired) electrons. The summed E-state index contributed by atoms with van der Waals surface area (Å²) in [4.78, 5) is 9.65. The Morgan fingerprint density at radius 2 is 1.58 bits per heavy atom. The van der Waals surface area contributed by atoms with Crippen LogP contribution in [0.5, 0.6) is 17.2 Å². The first-order valence-corrected chi connectivity index (χ1v) is 11.5. The average Bonchev–Trinajstić information content (AvgIpc) is 2.84. The van der Waals surface area contributed by atoms with E-state index in [4.69, 9.17) is 21.7 Å². The second kappa shape index (κ2) is 10.9. The van der Waals surface area contributed by atoms with E-state index >= 15 is 0 Å². The third-order valence-electron chi connectivity index (χ3n) is 4.76. The van der Waals surface area contributed by atoms with Gasteiger partial charge in [0.1, 0.15) is 17.1 Å². The number of rotatable bonds is 7. The number of nitrogens with zero attached hydrogens (tertiary/aromatic N) is 2. The largest absolute Gasteiger partial charge is 0.573 e. The number of ether oxygens (including phenoxy) is 3. The van der Waals surface area contributed by atoms with Crippen LogP contribution in [0.1, 0.15) is 0 Å². The van der Waals surface area contributed by atoms with Gasteiger partial charge in [0.2, 0.25) is 0 Å². The molecular weight excluding hydrogens is 513 g/mol. The topological polar surface area (TPSA) is 77.5 Å². The Morgan fingerprint density at radius 3 is 2.28 bits per heavy atom. The maximum absolute atomic E-state index is 12.3. The van der Waals surface area contributed by atoms with Gasteiger partial charge in [0.15, 0.2) is 16.6 Å². The van der Waals surface area contributed by atoms with Gasteiger partial charge in [0.25, 0.3) is 0 Å². The van der Waals surface area contributed by atoms with E-state index in [0.29, 0.717) is 22.9 Å². The summed E-state index contributed by atoms with van der Waals surface area (Å²) in [6.45, 7) is 0. The molecule has 36 heavy (non-hydrogen) atoms. The molecule has 2 N–H and O–H groups in total. The molecule has 1 heterocycles. The molecule has 0 aliphatic heterocycles. The quantitative estimate of drug-likeness (QED) is 0.205. The van der Waals surface area contributed by atoms with Crippen LogP contribution in [0.15, 0.2) is 76.9 Å². The summed E-state index contributed by atoms with van der Waals surface area (Å²) < 4.78 is 51.6. The van der Waals surface area contributed by atoms with Crippen LogP contribution in [0.3, 0.4) is 0 Å². The van der Waals surface area contributed by atoms with Gasteiger partial charge in [-0.15, -0.1) is 13.2 Å². The number of nitrogens with one attached hydrogen (secondary N) is 2. The third kappa shape index (κ3) is 6.46. The van der Waals surface area contributed by atoms with Crippen LogP contribution < -0.4 is 24.8 Å². The molecule has 4 rings (SSSR count). The standard InChI is InChI=1S/C24H19F3N4O3S2/c1-32-20-11-18-19(12-21(20)33-2)28-13-29-22(18)36-17-5-3-4-15(10-17)31-23(35)30-14-6-8-16(9-7-14)34-24(25,26)27/h3-13H,1-2H3,(H2,30,31,35). The first-order valence-electron chi connectivity index (χ1n) is 10.3. The maximum atomic E-state index is 12.3. The maximum Gasteiger partial charge on any atom is 0.573 e. The molecule has 0 spiro atoms. The minimum atomic E-state index is -4.74. The highest BCUT2D eigenvalue weighted by atomic mass is 32.2. The molecule has 0 aliphatic carbocycles. The van der Waals surface area contributed by atoms with Crippen molar-refractivity contribution in [1.29, 1.82) is 0 Å². The number of fused-ring (bicyclic) bond motifs is 1. The average molecular weight is 533 g/mol. The van der Waals surface area contributed by atoms with Crippen molar-refractivity contribution in [2.45, 2.75) is 16.3 Å². The Balaban J connectivity index is 1.45. The molecule has 0 aliphatic rings. The van der Waals surface area contributed by atoms with E-state index < -0.39 is 6.36 Å². The van der Waals surface area contributed by atoms with Crippen molar-refractivity contribution in [2.75, 3.05) is 24.9 Å². The van der Waals surface area contributed by atoms with Gasteiger partial charge in [-0.2, -0.15) is 0 Å². The second-order valence-corrected chi connectivity index (χ2v) is 8.65. The summed E-state index contributed by atoms with van der Waals surface area (Å²) in [5.74, 6) is 0.839. The predicted molar refractivity (Wildman–Crippen MR) is 136 cm³/mol. The van der Waals surface area contributed by atoms with E-state index in [0.717, 1.165) is 20.8 Å². The number of hydrogen-bond acceptors (Lipinski definition) is 7. The SMILES string of the molecule is COc1cc2ncnc(Sc3cccc(NC(=S)Nc4ccc(OC(F)(F)F)cc4)c3)c2cc1OC. The lowest BCUT2D eigenvalue weighted by Crippen LogP contribution is -2.19. The summed E-state index contributed by atoms with van der Waals surface area (Å²) in [7, 11) is 3.13. The smallest absolute Gasteiger partial charge is 0.493 e. The van der Waals surface area contributed by atoms with Gasteiger partial charge < -0.3 is 24.8 Å². The molecule has 0 unspecified atom stereocenters. The van der Waals surface area contributed by atoms with Crippen LogP contribution in [0.4, 0.5) is 24.5 Å². The molecule has 0 saturated carbocycles. The summed E-state index contributed by atoms with van der Waals surface area (Å²) in [6, 6.07) is 16.4. The number of halogens is 3. The van der Waals surface area contributed by atoms with Crippen molar-refractivity contribution in [3.05, 3.63) is 67.0 Å². The zero-order valence-electron chi connectivity index (χ0n) is 18.9. The van der Waals surface area contributed by atoms with Crippen molar-refractivity contribution in [3.63, 3.8) is 0 Å². The number of aromatic nitrogens is 2. The molecule has 0 amide bonds. The molecule has 186 valence electrons. The normalized spacial score (nSPS) is 11.1. The van der Waals surface area contributed by atoms with E-state index in [9.17, 15) is 13.2 Å². The zero-order chi connectivity index (χ0) is 25.7. The minimum absolute atomic E-state index is 0.269. The molecule has 4 aromatic rings. The van der Waals surface area contributed by atoms with Gasteiger partial charge in [-0.05, 0) is 60.7 Å². The van der Waals surface area contributed by atoms with Crippen LogP contribution in [0.2, 0.25) is 0 Å². The molecule has 3 aromatic carbocycles. The van der Waals surface area contributed by atoms with E-state index in [2.05, 4.69) is 25.3 Å². The fraction of sp³-hybridized carbons (Fsp3) is 0.125. The molecule has 0 saturated heterocycles. The summed E-state index contributed by atoms with van der Waals surface area (Å²) in [6.07, 6.45) is -3.26. The Labute approximate surface area is 214 Å². The van der Waals surface area contributed by atoms with Crippen LogP contribution in [-0.4, -0.2) is 35.7 Å². The highest BCUT2D eigenvalue weighted by molar-refractivity contribution is 7.99. The molecule has 0 fully saturated rings. The van der Waals surface area contributed by atoms with Crippen LogP contribution in [0.25, 0.3) is 10.9 Å². The van der Waals surface area contributed by atoms with Gasteiger partial charge in [-0.25, -0.2) is 9.97 Å². The molecule has 1 aromatic heterocycles. The lowest BCUT2D eigenvalue weighted by atomic mass is 10.2. The predicted octanol–water partition coefficient (Wildman–Crippen LogP) is 6.51. The molecule has 7 nitrogen and oxygen atoms in total. The van der Waals surface area contributed by atoms with Crippen molar-refractivity contribution >= 4 is 51.4 Å². The fourth-order valence-corrected chi connectivity index (χ4v) is 4.39. The van der Waals surface area contributed by atoms with Crippen LogP contribution in [-0.2, 0) is 0 Å². The van der Waals surface area contributed by atoms with Gasteiger partial charge in [-0.1, -0.05) is 17.8 Å². The van der Waals surface area contributed by atoms with E-state index in [1.54, 1.807) is 20.3 Å². The fourth-order valence-electron chi connectivity index (χ4n) is 3.22. The number of methoxy groups -OCH3 is 2. The summed E-state index contributed by atoms with van der Waals surface area (Å²) in [5.41, 5.74) is 1.94. The molecule has 0 atom stereocenters. The monoisotopic (exact) mass is 532 g/mol. The lowest BCUT2D eigenvalue weighted by molar-refractivity contribution is -0.274. The van der Waals surface area contributed by atoms with Crippen molar-refractivity contribution in [2.24, 2.45) is 0 Å². The number of alkyl halides is 3. The number of thiocarbonyl (C=S) groups is 1. The first-order chi connectivity index (χ1) is 17.2. The van der Waals surface area contributed by atoms with Crippen molar-refractivity contribution in [3.8, 4) is 17.2 Å². The number of benzene rings is 3. The minimum Gasteiger partial charge on any atom is -0.493 e. The Morgan fingerprint density at radius 1 is 0.889 bits per heavy atom. The summed E-state index contributed by atoms with van der Waals surface area (Å²) in [5, 5.41) is 7.81. The molecule has 0 bridgehead atoms. The Bertz CT molecular complexity index is 1390. The van der Waals surface area contributed by atoms with E-state index in [1.807, 2.05) is 30.3 Å².